The van der Waals surface area contributed by atoms with Crippen LogP contribution < -0.4 is 10.6 Å². The molecule has 3 rings (SSSR count). The monoisotopic (exact) mass is 390 g/mol. The number of nitrogens with zero attached hydrogens (tertiary/aromatic N) is 2. The molecule has 0 saturated carbocycles. The number of aromatic nitrogens is 2. The van der Waals surface area contributed by atoms with Crippen LogP contribution in [0, 0.1) is 0 Å². The summed E-state index contributed by atoms with van der Waals surface area (Å²) >= 11 is 0. The quantitative estimate of drug-likeness (QED) is 0.671. The maximum Gasteiger partial charge on any atom is 0.412 e. The van der Waals surface area contributed by atoms with E-state index in [-0.39, 0.29) is 11.6 Å². The molecule has 0 unspecified atom stereocenters. The first-order chi connectivity index (χ1) is 13.8. The van der Waals surface area contributed by atoms with E-state index < -0.39 is 11.7 Å². The molecular formula is C22H22N4O3. The molecule has 2 heterocycles. The number of anilines is 2. The molecule has 7 nitrogen and oxygen atoms in total. The summed E-state index contributed by atoms with van der Waals surface area (Å²) in [7, 11) is 0. The third-order valence-corrected chi connectivity index (χ3v) is 3.80. The van der Waals surface area contributed by atoms with Gasteiger partial charge in [0.05, 0.1) is 11.4 Å². The van der Waals surface area contributed by atoms with Crippen molar-refractivity contribution in [3.05, 3.63) is 72.8 Å². The van der Waals surface area contributed by atoms with Gasteiger partial charge in [-0.05, 0) is 45.0 Å². The van der Waals surface area contributed by atoms with Gasteiger partial charge in [0.15, 0.2) is 0 Å². The topological polar surface area (TPSA) is 93.2 Å². The molecule has 0 aliphatic carbocycles. The van der Waals surface area contributed by atoms with Crippen LogP contribution in [0.15, 0.2) is 67.1 Å². The lowest BCUT2D eigenvalue weighted by atomic mass is 10.1. The van der Waals surface area contributed by atoms with Crippen LogP contribution >= 0.6 is 0 Å². The molecule has 0 aliphatic heterocycles. The minimum Gasteiger partial charge on any atom is -0.444 e. The van der Waals surface area contributed by atoms with Crippen molar-refractivity contribution in [1.82, 2.24) is 9.97 Å². The van der Waals surface area contributed by atoms with Crippen molar-refractivity contribution in [3.63, 3.8) is 0 Å². The van der Waals surface area contributed by atoms with Crippen molar-refractivity contribution in [2.75, 3.05) is 10.6 Å². The number of amides is 2. The minimum absolute atomic E-state index is 0.254. The SMILES string of the molecule is CC(C)(C)OC(=O)Nc1ccccc1NC(=O)c1ccc(-c2cccnc2)cn1. The van der Waals surface area contributed by atoms with Gasteiger partial charge in [-0.15, -0.1) is 0 Å². The Hall–Kier alpha value is -3.74. The van der Waals surface area contributed by atoms with Gasteiger partial charge in [0, 0.05) is 29.7 Å². The highest BCUT2D eigenvalue weighted by atomic mass is 16.6. The first-order valence-corrected chi connectivity index (χ1v) is 9.09. The Morgan fingerprint density at radius 1 is 0.862 bits per heavy atom. The summed E-state index contributed by atoms with van der Waals surface area (Å²) in [5.74, 6) is -0.388. The van der Waals surface area contributed by atoms with E-state index >= 15 is 0 Å². The Morgan fingerprint density at radius 3 is 2.14 bits per heavy atom. The second kappa shape index (κ2) is 8.52. The summed E-state index contributed by atoms with van der Waals surface area (Å²) in [5.41, 5.74) is 2.29. The van der Waals surface area contributed by atoms with E-state index in [1.54, 1.807) is 69.7 Å². The number of para-hydroxylation sites is 2. The second-order valence-electron chi connectivity index (χ2n) is 7.30. The molecule has 2 aromatic heterocycles. The summed E-state index contributed by atoms with van der Waals surface area (Å²) in [6.07, 6.45) is 4.45. The van der Waals surface area contributed by atoms with Crippen molar-refractivity contribution in [3.8, 4) is 11.1 Å². The van der Waals surface area contributed by atoms with Crippen molar-refractivity contribution in [2.24, 2.45) is 0 Å². The molecule has 2 N–H and O–H groups in total. The number of ether oxygens (including phenoxy) is 1. The van der Waals surface area contributed by atoms with Gasteiger partial charge in [-0.25, -0.2) is 4.79 Å². The number of hydrogen-bond acceptors (Lipinski definition) is 5. The molecule has 2 amide bonds. The zero-order valence-electron chi connectivity index (χ0n) is 16.5. The maximum atomic E-state index is 12.6. The summed E-state index contributed by atoms with van der Waals surface area (Å²) in [4.78, 5) is 33.0. The van der Waals surface area contributed by atoms with Crippen LogP contribution in [0.4, 0.5) is 16.2 Å². The Labute approximate surface area is 169 Å². The van der Waals surface area contributed by atoms with Crippen molar-refractivity contribution in [2.45, 2.75) is 26.4 Å². The van der Waals surface area contributed by atoms with Crippen LogP contribution in [0.25, 0.3) is 11.1 Å². The van der Waals surface area contributed by atoms with Crippen LogP contribution in [0.1, 0.15) is 31.3 Å². The second-order valence-corrected chi connectivity index (χ2v) is 7.30. The highest BCUT2D eigenvalue weighted by Gasteiger charge is 2.18. The van der Waals surface area contributed by atoms with Gasteiger partial charge in [-0.1, -0.05) is 24.3 Å². The van der Waals surface area contributed by atoms with Crippen LogP contribution in [0.2, 0.25) is 0 Å². The van der Waals surface area contributed by atoms with E-state index in [9.17, 15) is 9.59 Å². The van der Waals surface area contributed by atoms with Gasteiger partial charge in [-0.3, -0.25) is 20.1 Å². The molecule has 0 radical (unpaired) electrons. The van der Waals surface area contributed by atoms with Crippen LogP contribution in [-0.4, -0.2) is 27.6 Å². The van der Waals surface area contributed by atoms with E-state index in [0.717, 1.165) is 11.1 Å². The molecule has 148 valence electrons. The van der Waals surface area contributed by atoms with Gasteiger partial charge in [0.2, 0.25) is 0 Å². The Morgan fingerprint density at radius 2 is 1.55 bits per heavy atom. The van der Waals surface area contributed by atoms with Gasteiger partial charge in [-0.2, -0.15) is 0 Å². The molecule has 1 aromatic carbocycles. The number of carbonyl (C=O) groups excluding carboxylic acids is 2. The fraction of sp³-hybridized carbons (Fsp3) is 0.182. The molecule has 0 spiro atoms. The van der Waals surface area contributed by atoms with Crippen molar-refractivity contribution >= 4 is 23.4 Å². The average molecular weight is 390 g/mol. The zero-order valence-corrected chi connectivity index (χ0v) is 16.5. The normalized spacial score (nSPS) is 10.9. The van der Waals surface area contributed by atoms with Crippen LogP contribution in [0.5, 0.6) is 0 Å². The molecule has 0 fully saturated rings. The maximum absolute atomic E-state index is 12.6. The number of pyridine rings is 2. The fourth-order valence-corrected chi connectivity index (χ4v) is 2.53. The van der Waals surface area contributed by atoms with Crippen LogP contribution in [-0.2, 0) is 4.74 Å². The first-order valence-electron chi connectivity index (χ1n) is 9.09. The number of carbonyl (C=O) groups is 2. The highest BCUT2D eigenvalue weighted by Crippen LogP contribution is 2.23. The number of benzene rings is 1. The van der Waals surface area contributed by atoms with Crippen LogP contribution in [0.3, 0.4) is 0 Å². The highest BCUT2D eigenvalue weighted by molar-refractivity contribution is 6.05. The molecule has 3 aromatic rings. The fourth-order valence-electron chi connectivity index (χ4n) is 2.53. The average Bonchev–Trinajstić information content (AvgIpc) is 2.69. The van der Waals surface area contributed by atoms with Crippen molar-refractivity contribution < 1.29 is 14.3 Å². The van der Waals surface area contributed by atoms with Gasteiger partial charge >= 0.3 is 6.09 Å². The number of nitrogens with one attached hydrogen (secondary N) is 2. The first kappa shape index (κ1) is 20.0. The third kappa shape index (κ3) is 5.62. The molecule has 29 heavy (non-hydrogen) atoms. The largest absolute Gasteiger partial charge is 0.444 e. The van der Waals surface area contributed by atoms with E-state index in [1.807, 2.05) is 18.2 Å². The molecule has 7 heteroatoms. The smallest absolute Gasteiger partial charge is 0.412 e. The van der Waals surface area contributed by atoms with E-state index in [1.165, 1.54) is 0 Å². The Balaban J connectivity index is 1.72. The lowest BCUT2D eigenvalue weighted by Crippen LogP contribution is -2.27. The molecule has 0 aliphatic rings. The number of hydrogen-bond donors (Lipinski definition) is 2. The van der Waals surface area contributed by atoms with Gasteiger partial charge < -0.3 is 10.1 Å². The molecule has 0 saturated heterocycles. The van der Waals surface area contributed by atoms with Gasteiger partial charge in [0.1, 0.15) is 11.3 Å². The summed E-state index contributed by atoms with van der Waals surface area (Å²) < 4.78 is 5.26. The summed E-state index contributed by atoms with van der Waals surface area (Å²) in [6.45, 7) is 5.34. The molecular weight excluding hydrogens is 368 g/mol. The zero-order chi connectivity index (χ0) is 20.9. The molecule has 0 atom stereocenters. The molecule has 0 bridgehead atoms. The minimum atomic E-state index is -0.623. The van der Waals surface area contributed by atoms with Gasteiger partial charge in [0.25, 0.3) is 5.91 Å². The third-order valence-electron chi connectivity index (χ3n) is 3.80. The van der Waals surface area contributed by atoms with E-state index in [0.29, 0.717) is 11.4 Å². The number of rotatable bonds is 4. The Bertz CT molecular complexity index is 997. The predicted octanol–water partition coefficient (Wildman–Crippen LogP) is 4.74. The van der Waals surface area contributed by atoms with Crippen molar-refractivity contribution in [1.29, 1.82) is 0 Å². The predicted molar refractivity (Wildman–Crippen MR) is 112 cm³/mol. The van der Waals surface area contributed by atoms with E-state index in [2.05, 4.69) is 20.6 Å². The van der Waals surface area contributed by atoms with E-state index in [4.69, 9.17) is 4.74 Å². The Kier molecular flexibility index (Phi) is 5.87. The standard InChI is InChI=1S/C22H22N4O3/c1-22(2,3)29-21(28)26-18-9-5-4-8-17(18)25-20(27)19-11-10-16(14-24-19)15-7-6-12-23-13-15/h4-14H,1-3H3,(H,25,27)(H,26,28). The lowest BCUT2D eigenvalue weighted by molar-refractivity contribution is 0.0635. The summed E-state index contributed by atoms with van der Waals surface area (Å²) in [5, 5.41) is 5.42. The lowest BCUT2D eigenvalue weighted by Gasteiger charge is -2.20. The summed E-state index contributed by atoms with van der Waals surface area (Å²) in [6, 6.07) is 14.1.